The van der Waals surface area contributed by atoms with Crippen molar-refractivity contribution in [3.63, 3.8) is 0 Å². The molecule has 0 aliphatic carbocycles. The molecule has 0 atom stereocenters. The third-order valence-corrected chi connectivity index (χ3v) is 5.15. The van der Waals surface area contributed by atoms with Crippen molar-refractivity contribution in [1.82, 2.24) is 4.90 Å². The predicted octanol–water partition coefficient (Wildman–Crippen LogP) is 1.60. The van der Waals surface area contributed by atoms with Crippen LogP contribution in [0.3, 0.4) is 0 Å². The maximum absolute atomic E-state index is 12.4. The number of anilines is 1. The molecule has 1 amide bonds. The predicted molar refractivity (Wildman–Crippen MR) is 93.2 cm³/mol. The average Bonchev–Trinajstić information content (AvgIpc) is 2.47. The lowest BCUT2D eigenvalue weighted by molar-refractivity contribution is -0.131. The second-order valence-electron chi connectivity index (χ2n) is 6.67. The molecule has 1 fully saturated rings. The first-order chi connectivity index (χ1) is 11.1. The molecular formula is C17H24N2O4S. The van der Waals surface area contributed by atoms with Crippen LogP contribution in [0.1, 0.15) is 31.1 Å². The van der Waals surface area contributed by atoms with Gasteiger partial charge in [-0.15, -0.1) is 0 Å². The highest BCUT2D eigenvalue weighted by Gasteiger charge is 2.28. The van der Waals surface area contributed by atoms with Crippen molar-refractivity contribution in [1.29, 1.82) is 0 Å². The Balaban J connectivity index is 2.36. The third kappa shape index (κ3) is 4.14. The Morgan fingerprint density at radius 1 is 1.25 bits per heavy atom. The zero-order valence-corrected chi connectivity index (χ0v) is 15.4. The zero-order chi connectivity index (χ0) is 18.1. The molecule has 0 radical (unpaired) electrons. The monoisotopic (exact) mass is 352 g/mol. The number of sulfone groups is 1. The summed E-state index contributed by atoms with van der Waals surface area (Å²) < 4.78 is 24.1. The summed E-state index contributed by atoms with van der Waals surface area (Å²) in [5.41, 5.74) is 0.872. The maximum atomic E-state index is 12.4. The lowest BCUT2D eigenvalue weighted by Crippen LogP contribution is -2.51. The van der Waals surface area contributed by atoms with Gasteiger partial charge in [-0.1, -0.05) is 13.8 Å². The molecule has 0 saturated carbocycles. The number of carbonyl (C=O) groups excluding carboxylic acids is 2. The molecule has 1 heterocycles. The van der Waals surface area contributed by atoms with Gasteiger partial charge in [-0.2, -0.15) is 0 Å². The average molecular weight is 352 g/mol. The van der Waals surface area contributed by atoms with Gasteiger partial charge in [-0.05, 0) is 31.0 Å². The number of ketones is 1. The number of benzene rings is 1. The Morgan fingerprint density at radius 3 is 2.42 bits per heavy atom. The van der Waals surface area contributed by atoms with Gasteiger partial charge >= 0.3 is 0 Å². The molecule has 0 unspecified atom stereocenters. The van der Waals surface area contributed by atoms with Crippen molar-refractivity contribution < 1.29 is 18.0 Å². The molecule has 6 nitrogen and oxygen atoms in total. The van der Waals surface area contributed by atoms with Crippen LogP contribution in [0.25, 0.3) is 0 Å². The zero-order valence-electron chi connectivity index (χ0n) is 14.6. The highest BCUT2D eigenvalue weighted by Crippen LogP contribution is 2.28. The molecule has 1 saturated heterocycles. The highest BCUT2D eigenvalue weighted by atomic mass is 32.2. The van der Waals surface area contributed by atoms with Crippen LogP contribution >= 0.6 is 0 Å². The number of hydrogen-bond acceptors (Lipinski definition) is 5. The largest absolute Gasteiger partial charge is 0.359 e. The van der Waals surface area contributed by atoms with E-state index in [1.165, 1.54) is 19.1 Å². The molecular weight excluding hydrogens is 328 g/mol. The van der Waals surface area contributed by atoms with Crippen molar-refractivity contribution >= 4 is 27.2 Å². The van der Waals surface area contributed by atoms with Crippen molar-refractivity contribution in [2.24, 2.45) is 5.92 Å². The lowest BCUT2D eigenvalue weighted by atomic mass is 10.1. The van der Waals surface area contributed by atoms with Crippen LogP contribution in [-0.2, 0) is 14.6 Å². The van der Waals surface area contributed by atoms with Crippen molar-refractivity contribution in [3.8, 4) is 0 Å². The molecule has 7 heteroatoms. The first-order valence-electron chi connectivity index (χ1n) is 7.97. The van der Waals surface area contributed by atoms with Gasteiger partial charge in [0.15, 0.2) is 15.6 Å². The van der Waals surface area contributed by atoms with Crippen molar-refractivity contribution in [3.05, 3.63) is 23.8 Å². The standard InChI is InChI=1S/C17H24N2O4S/c1-12(2)10-19-8-7-18(11-17(19)21)15-9-14(13(3)20)5-6-16(15)24(4,22)23/h5-6,9,12H,7-8,10-11H2,1-4H3. The number of rotatable bonds is 5. The number of piperazine rings is 1. The van der Waals surface area contributed by atoms with E-state index < -0.39 is 9.84 Å². The number of amides is 1. The van der Waals surface area contributed by atoms with Gasteiger partial charge in [0.05, 0.1) is 17.1 Å². The molecule has 24 heavy (non-hydrogen) atoms. The van der Waals surface area contributed by atoms with E-state index in [2.05, 4.69) is 13.8 Å². The number of carbonyl (C=O) groups is 2. The second kappa shape index (κ2) is 6.93. The van der Waals surface area contributed by atoms with E-state index in [0.29, 0.717) is 36.8 Å². The first-order valence-corrected chi connectivity index (χ1v) is 9.86. The van der Waals surface area contributed by atoms with Crippen LogP contribution in [0.4, 0.5) is 5.69 Å². The molecule has 1 aromatic rings. The fourth-order valence-electron chi connectivity index (χ4n) is 2.84. The second-order valence-corrected chi connectivity index (χ2v) is 8.65. The van der Waals surface area contributed by atoms with Gasteiger partial charge in [0.25, 0.3) is 0 Å². The Labute approximate surface area is 143 Å². The minimum absolute atomic E-state index is 0.0253. The molecule has 1 aromatic carbocycles. The maximum Gasteiger partial charge on any atom is 0.242 e. The normalized spacial score (nSPS) is 16.0. The quantitative estimate of drug-likeness (QED) is 0.753. The first kappa shape index (κ1) is 18.4. The van der Waals surface area contributed by atoms with Crippen LogP contribution in [-0.4, -0.2) is 57.4 Å². The molecule has 2 rings (SSSR count). The van der Waals surface area contributed by atoms with E-state index in [9.17, 15) is 18.0 Å². The Bertz CT molecular complexity index is 756. The molecule has 0 aromatic heterocycles. The van der Waals surface area contributed by atoms with Gasteiger partial charge in [0.1, 0.15) is 0 Å². The third-order valence-electron chi connectivity index (χ3n) is 4.01. The van der Waals surface area contributed by atoms with Gasteiger partial charge in [0.2, 0.25) is 5.91 Å². The van der Waals surface area contributed by atoms with E-state index in [1.54, 1.807) is 15.9 Å². The highest BCUT2D eigenvalue weighted by molar-refractivity contribution is 7.90. The summed E-state index contributed by atoms with van der Waals surface area (Å²) >= 11 is 0. The van der Waals surface area contributed by atoms with Crippen LogP contribution in [0, 0.1) is 5.92 Å². The number of nitrogens with zero attached hydrogens (tertiary/aromatic N) is 2. The fraction of sp³-hybridized carbons (Fsp3) is 0.529. The number of hydrogen-bond donors (Lipinski definition) is 0. The SMILES string of the molecule is CC(=O)c1ccc(S(C)(=O)=O)c(N2CCN(CC(C)C)C(=O)C2)c1. The summed E-state index contributed by atoms with van der Waals surface area (Å²) in [7, 11) is -3.45. The smallest absolute Gasteiger partial charge is 0.242 e. The van der Waals surface area contributed by atoms with Crippen LogP contribution < -0.4 is 4.90 Å². The lowest BCUT2D eigenvalue weighted by Gasteiger charge is -2.37. The minimum atomic E-state index is -3.45. The number of Topliss-reactive ketones (excluding diaryl/α,β-unsaturated/α-hetero) is 1. The van der Waals surface area contributed by atoms with Gasteiger partial charge < -0.3 is 9.80 Å². The summed E-state index contributed by atoms with van der Waals surface area (Å²) in [4.78, 5) is 27.7. The molecule has 1 aliphatic rings. The van der Waals surface area contributed by atoms with E-state index in [4.69, 9.17) is 0 Å². The Morgan fingerprint density at radius 2 is 1.92 bits per heavy atom. The fourth-order valence-corrected chi connectivity index (χ4v) is 3.73. The molecule has 1 aliphatic heterocycles. The van der Waals surface area contributed by atoms with E-state index in [-0.39, 0.29) is 23.1 Å². The van der Waals surface area contributed by atoms with Crippen LogP contribution in [0.5, 0.6) is 0 Å². The minimum Gasteiger partial charge on any atom is -0.359 e. The molecule has 0 N–H and O–H groups in total. The summed E-state index contributed by atoms with van der Waals surface area (Å²) in [5, 5.41) is 0. The summed E-state index contributed by atoms with van der Waals surface area (Å²) in [6.45, 7) is 7.45. The summed E-state index contributed by atoms with van der Waals surface area (Å²) in [6.07, 6.45) is 1.14. The van der Waals surface area contributed by atoms with Crippen LogP contribution in [0.2, 0.25) is 0 Å². The van der Waals surface area contributed by atoms with Crippen molar-refractivity contribution in [2.75, 3.05) is 37.3 Å². The van der Waals surface area contributed by atoms with Gasteiger partial charge in [-0.3, -0.25) is 9.59 Å². The topological polar surface area (TPSA) is 74.8 Å². The molecule has 0 spiro atoms. The summed E-state index contributed by atoms with van der Waals surface area (Å²) in [5.74, 6) is 0.219. The van der Waals surface area contributed by atoms with E-state index in [1.807, 2.05) is 0 Å². The van der Waals surface area contributed by atoms with Gasteiger partial charge in [0, 0.05) is 31.5 Å². The Hall–Kier alpha value is -1.89. The Kier molecular flexibility index (Phi) is 5.32. The van der Waals surface area contributed by atoms with Gasteiger partial charge in [-0.25, -0.2) is 8.42 Å². The van der Waals surface area contributed by atoms with E-state index in [0.717, 1.165) is 6.26 Å². The van der Waals surface area contributed by atoms with Crippen LogP contribution in [0.15, 0.2) is 23.1 Å². The van der Waals surface area contributed by atoms with Crippen molar-refractivity contribution in [2.45, 2.75) is 25.7 Å². The van der Waals surface area contributed by atoms with E-state index >= 15 is 0 Å². The summed E-state index contributed by atoms with van der Waals surface area (Å²) in [6, 6.07) is 4.54. The molecule has 132 valence electrons. The molecule has 0 bridgehead atoms.